The summed E-state index contributed by atoms with van der Waals surface area (Å²) in [4.78, 5) is 0. The fraction of sp³-hybridized carbons (Fsp3) is 0.538. The number of rotatable bonds is 4. The molecule has 1 rings (SSSR count). The van der Waals surface area contributed by atoms with E-state index in [1.165, 1.54) is 0 Å². The molecule has 102 valence electrons. The molecule has 1 unspecified atom stereocenters. The maximum absolute atomic E-state index is 10.1. The molecule has 0 fully saturated rings. The molecule has 0 aliphatic heterocycles. The van der Waals surface area contributed by atoms with E-state index in [2.05, 4.69) is 21.2 Å². The van der Waals surface area contributed by atoms with Crippen molar-refractivity contribution < 1.29 is 10.2 Å². The largest absolute Gasteiger partial charge is 0.398 e. The summed E-state index contributed by atoms with van der Waals surface area (Å²) in [5.41, 5.74) is 7.62. The van der Waals surface area contributed by atoms with E-state index in [9.17, 15) is 10.2 Å². The normalized spacial score (nSPS) is 13.7. The van der Waals surface area contributed by atoms with Crippen LogP contribution in [0.2, 0.25) is 0 Å². The van der Waals surface area contributed by atoms with Gasteiger partial charge in [0.15, 0.2) is 0 Å². The van der Waals surface area contributed by atoms with E-state index in [-0.39, 0.29) is 12.1 Å². The number of hydrogen-bond acceptors (Lipinski definition) is 4. The summed E-state index contributed by atoms with van der Waals surface area (Å²) in [6.45, 7) is 6.43. The van der Waals surface area contributed by atoms with Gasteiger partial charge in [0.1, 0.15) is 0 Å². The fourth-order valence-corrected chi connectivity index (χ4v) is 2.06. The van der Waals surface area contributed by atoms with E-state index in [4.69, 9.17) is 5.73 Å². The standard InChI is InChI=1S/C13H21BrN2O2/c1-13(2,3)16-6-11(18)8-4-9(7-17)12(15)10(14)5-8/h4-5,11,16-18H,6-7,15H2,1-3H3. The first kappa shape index (κ1) is 15.4. The number of β-amino-alcohol motifs (C(OH)–C–C–N with tert-alkyl or cyclic N) is 1. The van der Waals surface area contributed by atoms with E-state index in [0.717, 1.165) is 5.56 Å². The highest BCUT2D eigenvalue weighted by molar-refractivity contribution is 9.10. The van der Waals surface area contributed by atoms with Crippen molar-refractivity contribution in [3.8, 4) is 0 Å². The lowest BCUT2D eigenvalue weighted by atomic mass is 10.0. The van der Waals surface area contributed by atoms with Crippen LogP contribution >= 0.6 is 15.9 Å². The number of benzene rings is 1. The van der Waals surface area contributed by atoms with Gasteiger partial charge < -0.3 is 21.3 Å². The predicted molar refractivity (Wildman–Crippen MR) is 77.2 cm³/mol. The quantitative estimate of drug-likeness (QED) is 0.640. The maximum atomic E-state index is 10.1. The van der Waals surface area contributed by atoms with Gasteiger partial charge in [-0.3, -0.25) is 0 Å². The average molecular weight is 317 g/mol. The van der Waals surface area contributed by atoms with Crippen molar-refractivity contribution in [1.82, 2.24) is 5.32 Å². The molecule has 0 saturated heterocycles. The van der Waals surface area contributed by atoms with Crippen molar-refractivity contribution in [1.29, 1.82) is 0 Å². The fourth-order valence-electron chi connectivity index (χ4n) is 1.54. The Labute approximate surface area is 116 Å². The van der Waals surface area contributed by atoms with Crippen LogP contribution in [-0.2, 0) is 6.61 Å². The number of hydrogen-bond donors (Lipinski definition) is 4. The average Bonchev–Trinajstić information content (AvgIpc) is 2.28. The molecule has 1 aromatic rings. The molecule has 0 radical (unpaired) electrons. The van der Waals surface area contributed by atoms with E-state index < -0.39 is 6.10 Å². The molecule has 0 aromatic heterocycles. The molecule has 1 atom stereocenters. The van der Waals surface area contributed by atoms with Crippen molar-refractivity contribution >= 4 is 21.6 Å². The monoisotopic (exact) mass is 316 g/mol. The number of anilines is 1. The highest BCUT2D eigenvalue weighted by Gasteiger charge is 2.15. The topological polar surface area (TPSA) is 78.5 Å². The Morgan fingerprint density at radius 1 is 1.39 bits per heavy atom. The molecule has 0 aliphatic rings. The van der Waals surface area contributed by atoms with Crippen molar-refractivity contribution in [2.24, 2.45) is 0 Å². The lowest BCUT2D eigenvalue weighted by Crippen LogP contribution is -2.38. The Hall–Kier alpha value is -0.620. The van der Waals surface area contributed by atoms with Crippen LogP contribution in [0.15, 0.2) is 16.6 Å². The van der Waals surface area contributed by atoms with Crippen molar-refractivity contribution in [2.45, 2.75) is 39.0 Å². The lowest BCUT2D eigenvalue weighted by molar-refractivity contribution is 0.163. The smallest absolute Gasteiger partial charge is 0.0915 e. The summed E-state index contributed by atoms with van der Waals surface area (Å²) >= 11 is 3.33. The second-order valence-electron chi connectivity index (χ2n) is 5.38. The van der Waals surface area contributed by atoms with Gasteiger partial charge in [-0.2, -0.15) is 0 Å². The van der Waals surface area contributed by atoms with E-state index >= 15 is 0 Å². The molecule has 5 N–H and O–H groups in total. The molecule has 0 spiro atoms. The minimum atomic E-state index is -0.633. The Morgan fingerprint density at radius 2 is 2.00 bits per heavy atom. The molecule has 0 bridgehead atoms. The Balaban J connectivity index is 2.86. The second kappa shape index (κ2) is 6.02. The number of nitrogen functional groups attached to an aromatic ring is 1. The van der Waals surface area contributed by atoms with Crippen LogP contribution in [0.5, 0.6) is 0 Å². The Bertz CT molecular complexity index is 416. The van der Waals surface area contributed by atoms with Gasteiger partial charge in [0.05, 0.1) is 18.4 Å². The van der Waals surface area contributed by atoms with Crippen LogP contribution in [0.3, 0.4) is 0 Å². The number of halogens is 1. The van der Waals surface area contributed by atoms with Gasteiger partial charge in [0.2, 0.25) is 0 Å². The van der Waals surface area contributed by atoms with E-state index in [1.54, 1.807) is 12.1 Å². The predicted octanol–water partition coefficient (Wildman–Crippen LogP) is 1.95. The van der Waals surface area contributed by atoms with Crippen LogP contribution < -0.4 is 11.1 Å². The number of nitrogens with two attached hydrogens (primary N) is 1. The van der Waals surface area contributed by atoms with Gasteiger partial charge in [-0.15, -0.1) is 0 Å². The minimum Gasteiger partial charge on any atom is -0.398 e. The van der Waals surface area contributed by atoms with E-state index in [1.807, 2.05) is 20.8 Å². The van der Waals surface area contributed by atoms with Gasteiger partial charge in [-0.1, -0.05) is 0 Å². The summed E-state index contributed by atoms with van der Waals surface area (Å²) in [6.07, 6.45) is -0.633. The highest BCUT2D eigenvalue weighted by atomic mass is 79.9. The first-order chi connectivity index (χ1) is 8.24. The highest BCUT2D eigenvalue weighted by Crippen LogP contribution is 2.28. The zero-order chi connectivity index (χ0) is 13.9. The second-order valence-corrected chi connectivity index (χ2v) is 6.23. The molecule has 0 saturated carbocycles. The third-order valence-corrected chi connectivity index (χ3v) is 3.27. The Morgan fingerprint density at radius 3 is 2.50 bits per heavy atom. The molecule has 4 nitrogen and oxygen atoms in total. The zero-order valence-electron chi connectivity index (χ0n) is 11.0. The summed E-state index contributed by atoms with van der Waals surface area (Å²) in [5.74, 6) is 0. The van der Waals surface area contributed by atoms with Crippen molar-refractivity contribution in [3.63, 3.8) is 0 Å². The SMILES string of the molecule is CC(C)(C)NCC(O)c1cc(Br)c(N)c(CO)c1. The molecule has 18 heavy (non-hydrogen) atoms. The minimum absolute atomic E-state index is 0.0498. The molecule has 0 heterocycles. The van der Waals surface area contributed by atoms with Gasteiger partial charge in [0, 0.05) is 22.1 Å². The van der Waals surface area contributed by atoms with Gasteiger partial charge in [-0.05, 0) is 54.4 Å². The van der Waals surface area contributed by atoms with Crippen LogP contribution in [0.25, 0.3) is 0 Å². The van der Waals surface area contributed by atoms with E-state index in [0.29, 0.717) is 22.3 Å². The summed E-state index contributed by atoms with van der Waals surface area (Å²) in [6, 6.07) is 3.51. The molecule has 1 aromatic carbocycles. The third kappa shape index (κ3) is 4.24. The molecule has 0 amide bonds. The number of aliphatic hydroxyl groups is 2. The van der Waals surface area contributed by atoms with Crippen molar-refractivity contribution in [2.75, 3.05) is 12.3 Å². The lowest BCUT2D eigenvalue weighted by Gasteiger charge is -2.23. The molecular weight excluding hydrogens is 296 g/mol. The number of nitrogens with one attached hydrogen (secondary N) is 1. The van der Waals surface area contributed by atoms with Crippen LogP contribution in [-0.4, -0.2) is 22.3 Å². The Kier molecular flexibility index (Phi) is 5.16. The zero-order valence-corrected chi connectivity index (χ0v) is 12.6. The van der Waals surface area contributed by atoms with Crippen LogP contribution in [0.4, 0.5) is 5.69 Å². The first-order valence-electron chi connectivity index (χ1n) is 5.86. The van der Waals surface area contributed by atoms with Gasteiger partial charge in [-0.25, -0.2) is 0 Å². The summed E-state index contributed by atoms with van der Waals surface area (Å²) in [7, 11) is 0. The molecular formula is C13H21BrN2O2. The third-order valence-electron chi connectivity index (χ3n) is 2.62. The van der Waals surface area contributed by atoms with Crippen LogP contribution in [0.1, 0.15) is 38.0 Å². The summed E-state index contributed by atoms with van der Waals surface area (Å²) < 4.78 is 0.693. The van der Waals surface area contributed by atoms with Gasteiger partial charge >= 0.3 is 0 Å². The van der Waals surface area contributed by atoms with Crippen molar-refractivity contribution in [3.05, 3.63) is 27.7 Å². The van der Waals surface area contributed by atoms with Gasteiger partial charge in [0.25, 0.3) is 0 Å². The summed E-state index contributed by atoms with van der Waals surface area (Å²) in [5, 5.41) is 22.6. The van der Waals surface area contributed by atoms with Crippen LogP contribution in [0, 0.1) is 0 Å². The molecule has 0 aliphatic carbocycles. The first-order valence-corrected chi connectivity index (χ1v) is 6.65. The molecule has 5 heteroatoms. The number of aliphatic hydroxyl groups excluding tert-OH is 2. The maximum Gasteiger partial charge on any atom is 0.0915 e.